The molecule has 4 nitrogen and oxygen atoms in total. The van der Waals surface area contributed by atoms with Gasteiger partial charge in [0.05, 0.1) is 0 Å². The quantitative estimate of drug-likeness (QED) is 0.879. The Kier molecular flexibility index (Phi) is 5.49. The molecule has 2 aromatic rings. The first kappa shape index (κ1) is 19.1. The van der Waals surface area contributed by atoms with Crippen LogP contribution in [0.5, 0.6) is 0 Å². The van der Waals surface area contributed by atoms with Gasteiger partial charge in [-0.2, -0.15) is 0 Å². The maximum absolute atomic E-state index is 12.1. The molecular formula is C24H30N2O2. The van der Waals surface area contributed by atoms with Crippen molar-refractivity contribution < 1.29 is 4.79 Å². The first-order chi connectivity index (χ1) is 13.5. The molecule has 0 aliphatic heterocycles. The Bertz CT molecular complexity index is 926. The van der Waals surface area contributed by atoms with E-state index in [1.54, 1.807) is 11.6 Å². The Morgan fingerprint density at radius 1 is 1.04 bits per heavy atom. The van der Waals surface area contributed by atoms with Gasteiger partial charge in [0.25, 0.3) is 5.56 Å². The minimum atomic E-state index is 0.0477. The van der Waals surface area contributed by atoms with Gasteiger partial charge in [-0.15, -0.1) is 0 Å². The van der Waals surface area contributed by atoms with E-state index in [0.717, 1.165) is 29.7 Å². The van der Waals surface area contributed by atoms with Gasteiger partial charge in [-0.25, -0.2) is 0 Å². The van der Waals surface area contributed by atoms with Gasteiger partial charge in [-0.3, -0.25) is 9.59 Å². The molecule has 2 aliphatic rings. The van der Waals surface area contributed by atoms with Gasteiger partial charge in [0, 0.05) is 44.2 Å². The third-order valence-corrected chi connectivity index (χ3v) is 6.36. The van der Waals surface area contributed by atoms with Crippen LogP contribution in [-0.2, 0) is 31.2 Å². The van der Waals surface area contributed by atoms with E-state index < -0.39 is 0 Å². The Morgan fingerprint density at radius 3 is 2.57 bits per heavy atom. The van der Waals surface area contributed by atoms with Gasteiger partial charge < -0.3 is 9.88 Å². The summed E-state index contributed by atoms with van der Waals surface area (Å²) in [5.74, 6) is 0.345. The van der Waals surface area contributed by atoms with Crippen molar-refractivity contribution in [1.29, 1.82) is 0 Å². The number of rotatable bonds is 4. The lowest BCUT2D eigenvalue weighted by Crippen LogP contribution is -2.31. The minimum Gasteiger partial charge on any atom is -0.318 e. The zero-order valence-corrected chi connectivity index (χ0v) is 17.0. The highest BCUT2D eigenvalue weighted by Crippen LogP contribution is 2.30. The monoisotopic (exact) mass is 378 g/mol. The highest BCUT2D eigenvalue weighted by atomic mass is 16.1. The van der Waals surface area contributed by atoms with Crippen molar-refractivity contribution in [2.45, 2.75) is 70.9 Å². The molecule has 0 amide bonds. The van der Waals surface area contributed by atoms with Crippen molar-refractivity contribution in [1.82, 2.24) is 9.88 Å². The Morgan fingerprint density at radius 2 is 1.82 bits per heavy atom. The van der Waals surface area contributed by atoms with Crippen LogP contribution in [0.1, 0.15) is 60.8 Å². The highest BCUT2D eigenvalue weighted by Gasteiger charge is 2.21. The van der Waals surface area contributed by atoms with Gasteiger partial charge in [-0.05, 0) is 66.1 Å². The lowest BCUT2D eigenvalue weighted by Gasteiger charge is -2.25. The number of nitrogens with zero attached hydrogens (tertiary/aromatic N) is 1. The first-order valence-electron chi connectivity index (χ1n) is 10.6. The van der Waals surface area contributed by atoms with E-state index in [1.807, 2.05) is 19.2 Å². The van der Waals surface area contributed by atoms with Crippen molar-refractivity contribution in [2.75, 3.05) is 0 Å². The van der Waals surface area contributed by atoms with E-state index in [2.05, 4.69) is 17.4 Å². The molecule has 0 radical (unpaired) electrons. The maximum Gasteiger partial charge on any atom is 0.253 e. The van der Waals surface area contributed by atoms with Crippen molar-refractivity contribution in [2.24, 2.45) is 7.05 Å². The van der Waals surface area contributed by atoms with E-state index in [-0.39, 0.29) is 5.56 Å². The second kappa shape index (κ2) is 8.04. The Labute approximate surface area is 167 Å². The number of benzene rings is 1. The van der Waals surface area contributed by atoms with E-state index >= 15 is 0 Å². The van der Waals surface area contributed by atoms with Crippen LogP contribution in [0.4, 0.5) is 0 Å². The fourth-order valence-corrected chi connectivity index (χ4v) is 4.73. The first-order valence-corrected chi connectivity index (χ1v) is 10.6. The lowest BCUT2D eigenvalue weighted by molar-refractivity contribution is -0.118. The fourth-order valence-electron chi connectivity index (χ4n) is 4.73. The van der Waals surface area contributed by atoms with Crippen LogP contribution in [0, 0.1) is 6.92 Å². The molecule has 0 spiro atoms. The number of ketones is 1. The largest absolute Gasteiger partial charge is 0.318 e. The summed E-state index contributed by atoms with van der Waals surface area (Å²) in [6.45, 7) is 2.69. The summed E-state index contributed by atoms with van der Waals surface area (Å²) >= 11 is 0. The van der Waals surface area contributed by atoms with Crippen LogP contribution < -0.4 is 10.9 Å². The molecule has 4 rings (SSSR count). The zero-order chi connectivity index (χ0) is 19.7. The molecule has 4 heteroatoms. The van der Waals surface area contributed by atoms with Crippen LogP contribution in [-0.4, -0.2) is 16.4 Å². The Balaban J connectivity index is 1.70. The van der Waals surface area contributed by atoms with Crippen molar-refractivity contribution in [3.63, 3.8) is 0 Å². The lowest BCUT2D eigenvalue weighted by atomic mass is 9.84. The normalized spacial score (nSPS) is 17.6. The number of hydrogen-bond donors (Lipinski definition) is 1. The second-order valence-electron chi connectivity index (χ2n) is 8.53. The predicted octanol–water partition coefficient (Wildman–Crippen LogP) is 3.84. The fraction of sp³-hybridized carbons (Fsp3) is 0.500. The van der Waals surface area contributed by atoms with E-state index in [1.165, 1.54) is 48.8 Å². The number of nitrogens with one attached hydrogen (secondary N) is 1. The Hall–Kier alpha value is -2.20. The van der Waals surface area contributed by atoms with Gasteiger partial charge in [0.1, 0.15) is 5.78 Å². The molecule has 0 atom stereocenters. The smallest absolute Gasteiger partial charge is 0.253 e. The highest BCUT2D eigenvalue weighted by molar-refractivity contribution is 5.84. The molecule has 0 bridgehead atoms. The number of pyridine rings is 1. The molecule has 0 unspecified atom stereocenters. The van der Waals surface area contributed by atoms with Gasteiger partial charge in [-0.1, -0.05) is 25.3 Å². The second-order valence-corrected chi connectivity index (χ2v) is 8.53. The summed E-state index contributed by atoms with van der Waals surface area (Å²) in [5.41, 5.74) is 6.79. The molecular weight excluding hydrogens is 348 g/mol. The van der Waals surface area contributed by atoms with Crippen molar-refractivity contribution in [3.05, 3.63) is 57.0 Å². The summed E-state index contributed by atoms with van der Waals surface area (Å²) in [6, 6.07) is 7.03. The third-order valence-electron chi connectivity index (χ3n) is 6.36. The molecule has 2 aliphatic carbocycles. The third kappa shape index (κ3) is 3.97. The summed E-state index contributed by atoms with van der Waals surface area (Å²) in [6.07, 6.45) is 10.4. The van der Waals surface area contributed by atoms with Gasteiger partial charge in [0.15, 0.2) is 0 Å². The molecule has 1 saturated carbocycles. The topological polar surface area (TPSA) is 51.1 Å². The number of carbonyl (C=O) groups is 1. The van der Waals surface area contributed by atoms with Crippen LogP contribution in [0.2, 0.25) is 0 Å². The van der Waals surface area contributed by atoms with Crippen molar-refractivity contribution in [3.8, 4) is 11.1 Å². The van der Waals surface area contributed by atoms with E-state index in [0.29, 0.717) is 24.7 Å². The molecule has 1 fully saturated rings. The molecule has 1 aromatic heterocycles. The van der Waals surface area contributed by atoms with Gasteiger partial charge in [0.2, 0.25) is 0 Å². The van der Waals surface area contributed by atoms with Crippen LogP contribution >= 0.6 is 0 Å². The molecule has 148 valence electrons. The molecule has 1 aromatic carbocycles. The number of hydrogen-bond acceptors (Lipinski definition) is 3. The summed E-state index contributed by atoms with van der Waals surface area (Å²) in [7, 11) is 1.81. The van der Waals surface area contributed by atoms with Crippen molar-refractivity contribution >= 4 is 5.78 Å². The van der Waals surface area contributed by atoms with Crippen LogP contribution in [0.25, 0.3) is 11.1 Å². The van der Waals surface area contributed by atoms with Crippen LogP contribution in [0.3, 0.4) is 0 Å². The van der Waals surface area contributed by atoms with E-state index in [4.69, 9.17) is 0 Å². The summed E-state index contributed by atoms with van der Waals surface area (Å²) in [5, 5.41) is 3.75. The average Bonchev–Trinajstić information content (AvgIpc) is 2.70. The molecule has 1 N–H and O–H groups in total. The number of aryl methyl sites for hydroxylation is 3. The molecule has 1 heterocycles. The van der Waals surface area contributed by atoms with Gasteiger partial charge >= 0.3 is 0 Å². The van der Waals surface area contributed by atoms with E-state index in [9.17, 15) is 9.59 Å². The SMILES string of the molecule is Cc1cc(-c2cc3c(c(CNC4CCCCC4)c2)CC(=O)CC3)cn(C)c1=O. The predicted molar refractivity (Wildman–Crippen MR) is 113 cm³/mol. The number of aromatic nitrogens is 1. The molecule has 0 saturated heterocycles. The standard InChI is InChI=1S/C24H30N2O2/c1-16-10-20(15-26(2)24(16)28)18-11-17-8-9-22(27)13-23(17)19(12-18)14-25-21-6-4-3-5-7-21/h10-12,15,21,25H,3-9,13-14H2,1-2H3. The number of Topliss-reactive ketones (excluding diaryl/α,β-unsaturated/α-hetero) is 1. The minimum absolute atomic E-state index is 0.0477. The average molecular weight is 379 g/mol. The molecule has 28 heavy (non-hydrogen) atoms. The van der Waals surface area contributed by atoms with Crippen LogP contribution in [0.15, 0.2) is 29.2 Å². The summed E-state index contributed by atoms with van der Waals surface area (Å²) in [4.78, 5) is 24.2. The number of carbonyl (C=O) groups excluding carboxylic acids is 1. The zero-order valence-electron chi connectivity index (χ0n) is 17.0. The maximum atomic E-state index is 12.1. The number of fused-ring (bicyclic) bond motifs is 1. The summed E-state index contributed by atoms with van der Waals surface area (Å²) < 4.78 is 1.66.